The SMILES string of the molecule is CCCc1cc(-c2nc(CC)co2)ccc1OCCCOc1ccc2c(ccn2CC(=O)O)c1. The Hall–Kier alpha value is -3.74. The number of benzene rings is 2. The molecule has 178 valence electrons. The Bertz CT molecular complexity index is 1260. The highest BCUT2D eigenvalue weighted by Crippen LogP contribution is 2.28. The molecule has 2 heterocycles. The summed E-state index contributed by atoms with van der Waals surface area (Å²) < 4.78 is 19.3. The largest absolute Gasteiger partial charge is 0.493 e. The van der Waals surface area contributed by atoms with E-state index in [4.69, 9.17) is 19.0 Å². The van der Waals surface area contributed by atoms with Crippen molar-refractivity contribution >= 4 is 16.9 Å². The van der Waals surface area contributed by atoms with Gasteiger partial charge in [-0.1, -0.05) is 20.3 Å². The van der Waals surface area contributed by atoms with Crippen molar-refractivity contribution in [2.45, 2.75) is 46.1 Å². The maximum Gasteiger partial charge on any atom is 0.323 e. The van der Waals surface area contributed by atoms with Crippen molar-refractivity contribution in [2.24, 2.45) is 0 Å². The number of carbonyl (C=O) groups is 1. The number of oxazole rings is 1. The van der Waals surface area contributed by atoms with E-state index in [0.29, 0.717) is 19.1 Å². The first kappa shape index (κ1) is 23.4. The molecule has 0 unspecified atom stereocenters. The number of aromatic nitrogens is 2. The monoisotopic (exact) mass is 462 g/mol. The van der Waals surface area contributed by atoms with Gasteiger partial charge in [0.2, 0.25) is 5.89 Å². The molecule has 7 nitrogen and oxygen atoms in total. The number of ether oxygens (including phenoxy) is 2. The Morgan fingerprint density at radius 1 is 1.09 bits per heavy atom. The molecule has 0 fully saturated rings. The molecule has 0 spiro atoms. The quantitative estimate of drug-likeness (QED) is 0.270. The first-order chi connectivity index (χ1) is 16.6. The molecule has 4 rings (SSSR count). The Morgan fingerprint density at radius 2 is 1.94 bits per heavy atom. The molecule has 0 aliphatic carbocycles. The number of carboxylic acid groups (broad SMARTS) is 1. The van der Waals surface area contributed by atoms with Crippen molar-refractivity contribution in [3.63, 3.8) is 0 Å². The third kappa shape index (κ3) is 5.60. The number of hydrogen-bond donors (Lipinski definition) is 1. The molecular formula is C27H30N2O5. The van der Waals surface area contributed by atoms with Crippen LogP contribution >= 0.6 is 0 Å². The number of nitrogens with zero attached hydrogens (tertiary/aromatic N) is 2. The summed E-state index contributed by atoms with van der Waals surface area (Å²) in [4.78, 5) is 15.5. The number of aryl methyl sites for hydroxylation is 2. The molecule has 0 radical (unpaired) electrons. The lowest BCUT2D eigenvalue weighted by molar-refractivity contribution is -0.137. The predicted octanol–water partition coefficient (Wildman–Crippen LogP) is 5.74. The molecule has 0 amide bonds. The molecule has 0 aliphatic rings. The van der Waals surface area contributed by atoms with Crippen LogP contribution in [0.3, 0.4) is 0 Å². The average Bonchev–Trinajstić information content (AvgIpc) is 3.47. The van der Waals surface area contributed by atoms with Gasteiger partial charge in [0.25, 0.3) is 0 Å². The van der Waals surface area contributed by atoms with Gasteiger partial charge in [0, 0.05) is 29.1 Å². The minimum absolute atomic E-state index is 0.0557. The second-order valence-electron chi connectivity index (χ2n) is 8.18. The van der Waals surface area contributed by atoms with Crippen molar-refractivity contribution in [1.82, 2.24) is 9.55 Å². The van der Waals surface area contributed by atoms with Crippen molar-refractivity contribution in [2.75, 3.05) is 13.2 Å². The van der Waals surface area contributed by atoms with Gasteiger partial charge in [-0.25, -0.2) is 4.98 Å². The number of fused-ring (bicyclic) bond motifs is 1. The molecule has 0 saturated carbocycles. The standard InChI is InChI=1S/C27H30N2O5/c1-3-6-20-15-21(27-28-22(4-2)18-34-27)7-10-25(20)33-14-5-13-32-23-8-9-24-19(16-23)11-12-29(24)17-26(30)31/h7-12,15-16,18H,3-6,13-14,17H2,1-2H3,(H,30,31). The summed E-state index contributed by atoms with van der Waals surface area (Å²) in [5, 5.41) is 9.96. The lowest BCUT2D eigenvalue weighted by atomic mass is 10.1. The average molecular weight is 463 g/mol. The van der Waals surface area contributed by atoms with Gasteiger partial charge < -0.3 is 23.6 Å². The molecule has 0 saturated heterocycles. The second-order valence-corrected chi connectivity index (χ2v) is 8.18. The van der Waals surface area contributed by atoms with E-state index in [1.165, 1.54) is 0 Å². The zero-order valence-corrected chi connectivity index (χ0v) is 19.6. The first-order valence-electron chi connectivity index (χ1n) is 11.7. The van der Waals surface area contributed by atoms with Gasteiger partial charge in [-0.3, -0.25) is 4.79 Å². The van der Waals surface area contributed by atoms with E-state index < -0.39 is 5.97 Å². The van der Waals surface area contributed by atoms with Crippen LogP contribution in [0.15, 0.2) is 59.3 Å². The first-order valence-corrected chi connectivity index (χ1v) is 11.7. The molecule has 7 heteroatoms. The summed E-state index contributed by atoms with van der Waals surface area (Å²) in [6.45, 7) is 5.23. The Morgan fingerprint density at radius 3 is 2.71 bits per heavy atom. The fourth-order valence-corrected chi connectivity index (χ4v) is 3.90. The topological polar surface area (TPSA) is 86.7 Å². The van der Waals surface area contributed by atoms with Crippen molar-refractivity contribution in [3.8, 4) is 23.0 Å². The van der Waals surface area contributed by atoms with Crippen LogP contribution in [-0.4, -0.2) is 33.8 Å². The van der Waals surface area contributed by atoms with E-state index in [0.717, 1.165) is 64.9 Å². The summed E-state index contributed by atoms with van der Waals surface area (Å²) >= 11 is 0. The van der Waals surface area contributed by atoms with Crippen LogP contribution in [0, 0.1) is 0 Å². The molecule has 2 aromatic heterocycles. The van der Waals surface area contributed by atoms with Crippen molar-refractivity contribution < 1.29 is 23.8 Å². The number of rotatable bonds is 12. The van der Waals surface area contributed by atoms with Crippen molar-refractivity contribution in [3.05, 3.63) is 66.2 Å². The Balaban J connectivity index is 1.31. The smallest absolute Gasteiger partial charge is 0.323 e. The highest BCUT2D eigenvalue weighted by atomic mass is 16.5. The maximum absolute atomic E-state index is 11.0. The Kier molecular flexibility index (Phi) is 7.52. The highest BCUT2D eigenvalue weighted by Gasteiger charge is 2.11. The normalized spacial score (nSPS) is 11.1. The van der Waals surface area contributed by atoms with Gasteiger partial charge in [-0.15, -0.1) is 0 Å². The maximum atomic E-state index is 11.0. The van der Waals surface area contributed by atoms with Crippen LogP contribution in [0.1, 0.15) is 37.9 Å². The molecule has 0 atom stereocenters. The Labute approximate surface area is 198 Å². The number of aliphatic carboxylic acids is 1. The van der Waals surface area contributed by atoms with E-state index >= 15 is 0 Å². The minimum atomic E-state index is -0.863. The molecule has 0 bridgehead atoms. The molecule has 34 heavy (non-hydrogen) atoms. The zero-order valence-electron chi connectivity index (χ0n) is 19.6. The highest BCUT2D eigenvalue weighted by molar-refractivity contribution is 5.83. The van der Waals surface area contributed by atoms with Gasteiger partial charge >= 0.3 is 5.97 Å². The van der Waals surface area contributed by atoms with Crippen LogP contribution < -0.4 is 9.47 Å². The lowest BCUT2D eigenvalue weighted by Gasteiger charge is -2.13. The molecule has 4 aromatic rings. The van der Waals surface area contributed by atoms with E-state index in [-0.39, 0.29) is 6.54 Å². The zero-order chi connectivity index (χ0) is 23.9. The lowest BCUT2D eigenvalue weighted by Crippen LogP contribution is -2.07. The molecule has 1 N–H and O–H groups in total. The fraction of sp³-hybridized carbons (Fsp3) is 0.333. The van der Waals surface area contributed by atoms with Crippen LogP contribution in [0.4, 0.5) is 0 Å². The van der Waals surface area contributed by atoms with E-state index in [2.05, 4.69) is 24.9 Å². The van der Waals surface area contributed by atoms with Crippen LogP contribution in [0.25, 0.3) is 22.4 Å². The van der Waals surface area contributed by atoms with Crippen LogP contribution in [0.5, 0.6) is 11.5 Å². The molecule has 2 aromatic carbocycles. The van der Waals surface area contributed by atoms with Crippen LogP contribution in [0.2, 0.25) is 0 Å². The summed E-state index contributed by atoms with van der Waals surface area (Å²) in [5.41, 5.74) is 3.94. The van der Waals surface area contributed by atoms with Gasteiger partial charge in [-0.2, -0.15) is 0 Å². The van der Waals surface area contributed by atoms with E-state index in [1.54, 1.807) is 17.0 Å². The van der Waals surface area contributed by atoms with Crippen molar-refractivity contribution in [1.29, 1.82) is 0 Å². The third-order valence-corrected chi connectivity index (χ3v) is 5.60. The molecular weight excluding hydrogens is 432 g/mol. The van der Waals surface area contributed by atoms with Gasteiger partial charge in [0.15, 0.2) is 0 Å². The van der Waals surface area contributed by atoms with Crippen LogP contribution in [-0.2, 0) is 24.2 Å². The summed E-state index contributed by atoms with van der Waals surface area (Å²) in [6, 6.07) is 13.7. The summed E-state index contributed by atoms with van der Waals surface area (Å²) in [7, 11) is 0. The second kappa shape index (κ2) is 10.9. The minimum Gasteiger partial charge on any atom is -0.493 e. The third-order valence-electron chi connectivity index (χ3n) is 5.60. The van der Waals surface area contributed by atoms with Gasteiger partial charge in [0.05, 0.1) is 18.9 Å². The number of carboxylic acids is 1. The molecule has 0 aliphatic heterocycles. The van der Waals surface area contributed by atoms with E-state index in [1.807, 2.05) is 36.4 Å². The van der Waals surface area contributed by atoms with E-state index in [9.17, 15) is 4.79 Å². The summed E-state index contributed by atoms with van der Waals surface area (Å²) in [6.07, 6.45) is 7.02. The van der Waals surface area contributed by atoms with Gasteiger partial charge in [0.1, 0.15) is 24.3 Å². The fourth-order valence-electron chi connectivity index (χ4n) is 3.90. The predicted molar refractivity (Wildman–Crippen MR) is 130 cm³/mol. The van der Waals surface area contributed by atoms with Gasteiger partial charge in [-0.05, 0) is 60.9 Å². The summed E-state index contributed by atoms with van der Waals surface area (Å²) in [5.74, 6) is 1.42. The number of hydrogen-bond acceptors (Lipinski definition) is 5.